The molecule has 1 N–H and O–H groups in total. The topological polar surface area (TPSA) is 69.0 Å². The predicted octanol–water partition coefficient (Wildman–Crippen LogP) is 1.84. The molecule has 2 aromatic rings. The second-order valence-electron chi connectivity index (χ2n) is 5.39. The van der Waals surface area contributed by atoms with Crippen molar-refractivity contribution in [2.45, 2.75) is 38.3 Å². The summed E-state index contributed by atoms with van der Waals surface area (Å²) < 4.78 is 7.23. The Labute approximate surface area is 129 Å². The number of carbonyl (C=O) groups excluding carboxylic acids is 1. The van der Waals surface area contributed by atoms with Gasteiger partial charge in [-0.25, -0.2) is 9.67 Å². The number of nitrogens with one attached hydrogen (secondary N) is 1. The third-order valence-electron chi connectivity index (χ3n) is 3.78. The van der Waals surface area contributed by atoms with Gasteiger partial charge in [0.2, 0.25) is 5.91 Å². The van der Waals surface area contributed by atoms with E-state index >= 15 is 0 Å². The lowest BCUT2D eigenvalue weighted by atomic mass is 10.1. The molecule has 1 fully saturated rings. The van der Waals surface area contributed by atoms with Crippen LogP contribution in [0.3, 0.4) is 0 Å². The first-order valence-corrected chi connectivity index (χ1v) is 7.65. The molecule has 1 aliphatic heterocycles. The number of hydrogen-bond acceptors (Lipinski definition) is 4. The normalized spacial score (nSPS) is 17.5. The first-order chi connectivity index (χ1) is 10.8. The minimum absolute atomic E-state index is 0.0470. The van der Waals surface area contributed by atoms with Crippen LogP contribution in [0.4, 0.5) is 0 Å². The highest BCUT2D eigenvalue weighted by molar-refractivity contribution is 5.75. The van der Waals surface area contributed by atoms with Gasteiger partial charge in [-0.05, 0) is 31.4 Å². The Balaban J connectivity index is 1.54. The van der Waals surface area contributed by atoms with Crippen molar-refractivity contribution >= 4 is 5.91 Å². The Morgan fingerprint density at radius 3 is 3.14 bits per heavy atom. The molecular weight excluding hydrogens is 280 g/mol. The van der Waals surface area contributed by atoms with E-state index in [1.807, 2.05) is 24.4 Å². The van der Waals surface area contributed by atoms with E-state index in [2.05, 4.69) is 15.4 Å². The Morgan fingerprint density at radius 2 is 2.36 bits per heavy atom. The molecule has 0 bridgehead atoms. The molecular formula is C16H20N4O2. The molecule has 0 aromatic carbocycles. The summed E-state index contributed by atoms with van der Waals surface area (Å²) in [5, 5.41) is 7.14. The van der Waals surface area contributed by atoms with E-state index in [1.54, 1.807) is 17.1 Å². The van der Waals surface area contributed by atoms with Crippen LogP contribution in [-0.4, -0.2) is 33.4 Å². The van der Waals surface area contributed by atoms with Gasteiger partial charge in [-0.15, -0.1) is 0 Å². The second kappa shape index (κ2) is 7.17. The third-order valence-corrected chi connectivity index (χ3v) is 3.78. The van der Waals surface area contributed by atoms with Crippen LogP contribution in [0.15, 0.2) is 36.8 Å². The zero-order valence-electron chi connectivity index (χ0n) is 12.4. The first-order valence-electron chi connectivity index (χ1n) is 7.65. The van der Waals surface area contributed by atoms with Gasteiger partial charge >= 0.3 is 0 Å². The molecule has 3 rings (SSSR count). The zero-order valence-corrected chi connectivity index (χ0v) is 12.4. The van der Waals surface area contributed by atoms with Crippen LogP contribution in [0.25, 0.3) is 5.82 Å². The molecule has 0 radical (unpaired) electrons. The average Bonchev–Trinajstić information content (AvgIpc) is 3.24. The molecule has 22 heavy (non-hydrogen) atoms. The van der Waals surface area contributed by atoms with E-state index in [4.69, 9.17) is 4.74 Å². The molecule has 0 saturated carbocycles. The SMILES string of the molecule is O=C(CC[C@H]1CCCO1)NCc1cccnc1-n1cccn1. The summed E-state index contributed by atoms with van der Waals surface area (Å²) in [4.78, 5) is 16.3. The molecule has 0 unspecified atom stereocenters. The van der Waals surface area contributed by atoms with Gasteiger partial charge in [0.15, 0.2) is 5.82 Å². The van der Waals surface area contributed by atoms with E-state index in [0.29, 0.717) is 13.0 Å². The number of carbonyl (C=O) groups is 1. The highest BCUT2D eigenvalue weighted by Crippen LogP contribution is 2.16. The maximum Gasteiger partial charge on any atom is 0.220 e. The zero-order chi connectivity index (χ0) is 15.2. The molecule has 1 aliphatic rings. The fourth-order valence-corrected chi connectivity index (χ4v) is 2.61. The maximum atomic E-state index is 12.0. The maximum absolute atomic E-state index is 12.0. The molecule has 0 aliphatic carbocycles. The van der Waals surface area contributed by atoms with Crippen LogP contribution in [0, 0.1) is 0 Å². The van der Waals surface area contributed by atoms with Gasteiger partial charge in [-0.3, -0.25) is 4.79 Å². The summed E-state index contributed by atoms with van der Waals surface area (Å²) in [5.74, 6) is 0.790. The van der Waals surface area contributed by atoms with E-state index in [-0.39, 0.29) is 12.0 Å². The second-order valence-corrected chi connectivity index (χ2v) is 5.39. The number of ether oxygens (including phenoxy) is 1. The highest BCUT2D eigenvalue weighted by Gasteiger charge is 2.16. The predicted molar refractivity (Wildman–Crippen MR) is 81.4 cm³/mol. The lowest BCUT2D eigenvalue weighted by Gasteiger charge is -2.11. The fourth-order valence-electron chi connectivity index (χ4n) is 2.61. The van der Waals surface area contributed by atoms with Crippen LogP contribution in [0.2, 0.25) is 0 Å². The van der Waals surface area contributed by atoms with Gasteiger partial charge in [0.1, 0.15) is 0 Å². The number of amides is 1. The van der Waals surface area contributed by atoms with Gasteiger partial charge in [0.05, 0.1) is 6.10 Å². The van der Waals surface area contributed by atoms with Crippen molar-refractivity contribution in [3.8, 4) is 5.82 Å². The lowest BCUT2D eigenvalue weighted by Crippen LogP contribution is -2.24. The summed E-state index contributed by atoms with van der Waals surface area (Å²) in [6, 6.07) is 5.66. The molecule has 116 valence electrons. The summed E-state index contributed by atoms with van der Waals surface area (Å²) in [7, 11) is 0. The Morgan fingerprint density at radius 1 is 1.41 bits per heavy atom. The minimum Gasteiger partial charge on any atom is -0.378 e. The van der Waals surface area contributed by atoms with Crippen molar-refractivity contribution in [1.29, 1.82) is 0 Å². The van der Waals surface area contributed by atoms with Crippen LogP contribution in [-0.2, 0) is 16.1 Å². The molecule has 1 amide bonds. The molecule has 1 atom stereocenters. The van der Waals surface area contributed by atoms with Crippen LogP contribution >= 0.6 is 0 Å². The van der Waals surface area contributed by atoms with Crippen molar-refractivity contribution in [2.75, 3.05) is 6.61 Å². The number of rotatable bonds is 6. The number of aromatic nitrogens is 3. The molecule has 6 nitrogen and oxygen atoms in total. The van der Waals surface area contributed by atoms with E-state index in [0.717, 1.165) is 37.3 Å². The van der Waals surface area contributed by atoms with Crippen LogP contribution in [0.5, 0.6) is 0 Å². The Hall–Kier alpha value is -2.21. The van der Waals surface area contributed by atoms with Crippen LogP contribution in [0.1, 0.15) is 31.2 Å². The smallest absolute Gasteiger partial charge is 0.220 e. The number of nitrogens with zero attached hydrogens (tertiary/aromatic N) is 3. The lowest BCUT2D eigenvalue weighted by molar-refractivity contribution is -0.121. The average molecular weight is 300 g/mol. The summed E-state index contributed by atoms with van der Waals surface area (Å²) in [6.45, 7) is 1.28. The van der Waals surface area contributed by atoms with Gasteiger partial charge in [-0.2, -0.15) is 5.10 Å². The van der Waals surface area contributed by atoms with E-state index in [9.17, 15) is 4.79 Å². The van der Waals surface area contributed by atoms with E-state index in [1.165, 1.54) is 0 Å². The van der Waals surface area contributed by atoms with Crippen molar-refractivity contribution in [1.82, 2.24) is 20.1 Å². The van der Waals surface area contributed by atoms with Gasteiger partial charge < -0.3 is 10.1 Å². The number of hydrogen-bond donors (Lipinski definition) is 1. The quantitative estimate of drug-likeness (QED) is 0.884. The van der Waals surface area contributed by atoms with Gasteiger partial charge in [0, 0.05) is 43.7 Å². The fraction of sp³-hybridized carbons (Fsp3) is 0.438. The summed E-state index contributed by atoms with van der Waals surface area (Å²) in [6.07, 6.45) is 8.99. The Kier molecular flexibility index (Phi) is 4.80. The van der Waals surface area contributed by atoms with Gasteiger partial charge in [-0.1, -0.05) is 6.07 Å². The van der Waals surface area contributed by atoms with Crippen molar-refractivity contribution in [2.24, 2.45) is 0 Å². The Bertz CT molecular complexity index is 606. The van der Waals surface area contributed by atoms with Crippen LogP contribution < -0.4 is 5.32 Å². The minimum atomic E-state index is 0.0470. The molecule has 3 heterocycles. The standard InChI is InChI=1S/C16H20N4O2/c21-15(7-6-14-5-2-11-22-14)18-12-13-4-1-8-17-16(13)20-10-3-9-19-20/h1,3-4,8-10,14H,2,5-7,11-12H2,(H,18,21)/t14-/m1/s1. The highest BCUT2D eigenvalue weighted by atomic mass is 16.5. The molecule has 2 aromatic heterocycles. The number of pyridine rings is 1. The summed E-state index contributed by atoms with van der Waals surface area (Å²) >= 11 is 0. The third kappa shape index (κ3) is 3.71. The van der Waals surface area contributed by atoms with Crippen molar-refractivity contribution in [3.05, 3.63) is 42.4 Å². The molecule has 1 saturated heterocycles. The monoisotopic (exact) mass is 300 g/mol. The van der Waals surface area contributed by atoms with E-state index < -0.39 is 0 Å². The van der Waals surface area contributed by atoms with Gasteiger partial charge in [0.25, 0.3) is 0 Å². The van der Waals surface area contributed by atoms with Crippen molar-refractivity contribution < 1.29 is 9.53 Å². The largest absolute Gasteiger partial charge is 0.378 e. The molecule has 6 heteroatoms. The molecule has 0 spiro atoms. The first kappa shape index (κ1) is 14.7. The summed E-state index contributed by atoms with van der Waals surface area (Å²) in [5.41, 5.74) is 0.941. The van der Waals surface area contributed by atoms with Crippen molar-refractivity contribution in [3.63, 3.8) is 0 Å².